The van der Waals surface area contributed by atoms with E-state index in [9.17, 15) is 19.5 Å². The fourth-order valence-corrected chi connectivity index (χ4v) is 2.31. The van der Waals surface area contributed by atoms with Crippen molar-refractivity contribution in [1.29, 1.82) is 0 Å². The number of aromatic carboxylic acids is 1. The first-order valence-electron chi connectivity index (χ1n) is 5.79. The van der Waals surface area contributed by atoms with Gasteiger partial charge >= 0.3 is 5.97 Å². The number of hydrogen-bond acceptors (Lipinski definition) is 4. The van der Waals surface area contributed by atoms with E-state index in [-0.39, 0.29) is 33.6 Å². The van der Waals surface area contributed by atoms with Gasteiger partial charge in [-0.1, -0.05) is 12.1 Å². The summed E-state index contributed by atoms with van der Waals surface area (Å²) in [5, 5.41) is 18.7. The Morgan fingerprint density at radius 1 is 0.900 bits per heavy atom. The second-order valence-corrected chi connectivity index (χ2v) is 4.42. The minimum Gasteiger partial charge on any atom is -0.507 e. The average molecular weight is 268 g/mol. The van der Waals surface area contributed by atoms with Gasteiger partial charge in [0.15, 0.2) is 11.6 Å². The van der Waals surface area contributed by atoms with Gasteiger partial charge in [-0.25, -0.2) is 4.79 Å². The molecule has 98 valence electrons. The minimum atomic E-state index is -1.18. The van der Waals surface area contributed by atoms with Gasteiger partial charge in [0, 0.05) is 16.7 Å². The molecular weight excluding hydrogens is 260 g/mol. The van der Waals surface area contributed by atoms with Gasteiger partial charge < -0.3 is 10.2 Å². The zero-order valence-corrected chi connectivity index (χ0v) is 10.1. The molecule has 0 aliphatic heterocycles. The summed E-state index contributed by atoms with van der Waals surface area (Å²) in [5.74, 6) is -2.42. The maximum atomic E-state index is 12.3. The third-order valence-electron chi connectivity index (χ3n) is 3.27. The van der Waals surface area contributed by atoms with Crippen LogP contribution in [0.2, 0.25) is 0 Å². The Labute approximate surface area is 113 Å². The Morgan fingerprint density at radius 3 is 2.35 bits per heavy atom. The molecule has 0 unspecified atom stereocenters. The highest BCUT2D eigenvalue weighted by atomic mass is 16.4. The zero-order chi connectivity index (χ0) is 14.4. The number of carbonyl (C=O) groups excluding carboxylic acids is 2. The van der Waals surface area contributed by atoms with Crippen LogP contribution in [-0.4, -0.2) is 27.7 Å². The van der Waals surface area contributed by atoms with Crippen LogP contribution in [0.1, 0.15) is 42.2 Å². The molecule has 0 atom stereocenters. The highest BCUT2D eigenvalue weighted by Gasteiger charge is 2.32. The van der Waals surface area contributed by atoms with Crippen molar-refractivity contribution in [2.75, 3.05) is 0 Å². The van der Waals surface area contributed by atoms with Crippen molar-refractivity contribution in [3.05, 3.63) is 64.2 Å². The predicted octanol–water partition coefficient (Wildman–Crippen LogP) is 1.87. The van der Waals surface area contributed by atoms with Crippen LogP contribution in [0.15, 0.2) is 36.4 Å². The van der Waals surface area contributed by atoms with Gasteiger partial charge in [0.1, 0.15) is 5.75 Å². The second-order valence-electron chi connectivity index (χ2n) is 4.42. The summed E-state index contributed by atoms with van der Waals surface area (Å²) in [7, 11) is 0. The van der Waals surface area contributed by atoms with Crippen LogP contribution in [0.25, 0.3) is 0 Å². The molecule has 0 amide bonds. The Bertz CT molecular complexity index is 789. The van der Waals surface area contributed by atoms with Crippen molar-refractivity contribution in [3.8, 4) is 5.75 Å². The van der Waals surface area contributed by atoms with Crippen LogP contribution in [-0.2, 0) is 0 Å². The molecule has 2 N–H and O–H groups in total. The van der Waals surface area contributed by atoms with Gasteiger partial charge in [-0.15, -0.1) is 0 Å². The molecule has 0 spiro atoms. The van der Waals surface area contributed by atoms with E-state index in [0.717, 1.165) is 6.07 Å². The van der Waals surface area contributed by atoms with Gasteiger partial charge in [-0.2, -0.15) is 0 Å². The van der Waals surface area contributed by atoms with Crippen molar-refractivity contribution < 1.29 is 24.6 Å². The normalized spacial score (nSPS) is 12.8. The summed E-state index contributed by atoms with van der Waals surface area (Å²) in [6.45, 7) is 0. The Hall–Kier alpha value is -2.95. The van der Waals surface area contributed by atoms with Crippen LogP contribution in [0, 0.1) is 0 Å². The summed E-state index contributed by atoms with van der Waals surface area (Å²) in [6.07, 6.45) is 0. The number of aromatic hydroxyl groups is 1. The molecule has 2 aromatic carbocycles. The first kappa shape index (κ1) is 12.1. The lowest BCUT2D eigenvalue weighted by Crippen LogP contribution is -2.21. The van der Waals surface area contributed by atoms with Gasteiger partial charge in [0.05, 0.1) is 11.1 Å². The number of phenolic OH excluding ortho intramolecular Hbond substituents is 1. The number of rotatable bonds is 1. The molecule has 1 aliphatic rings. The number of phenols is 1. The summed E-state index contributed by atoms with van der Waals surface area (Å²) in [4.78, 5) is 35.6. The summed E-state index contributed by atoms with van der Waals surface area (Å²) >= 11 is 0. The molecule has 20 heavy (non-hydrogen) atoms. The predicted molar refractivity (Wildman–Crippen MR) is 68.4 cm³/mol. The van der Waals surface area contributed by atoms with Crippen LogP contribution < -0.4 is 0 Å². The molecule has 1 aliphatic carbocycles. The Morgan fingerprint density at radius 2 is 1.65 bits per heavy atom. The molecule has 0 saturated carbocycles. The fraction of sp³-hybridized carbons (Fsp3) is 0. The number of hydrogen-bond donors (Lipinski definition) is 2. The van der Waals surface area contributed by atoms with E-state index >= 15 is 0 Å². The van der Waals surface area contributed by atoms with Crippen molar-refractivity contribution in [1.82, 2.24) is 0 Å². The van der Waals surface area contributed by atoms with Crippen LogP contribution in [0.4, 0.5) is 0 Å². The highest BCUT2D eigenvalue weighted by molar-refractivity contribution is 6.29. The standard InChI is InChI=1S/C15H8O5/c16-11-3-1-2-9-12(11)14(18)10-6-7(15(19)20)4-5-8(10)13(9)17/h1-6,16H,(H,19,20). The molecule has 0 bridgehead atoms. The Kier molecular flexibility index (Phi) is 2.44. The van der Waals surface area contributed by atoms with Crippen LogP contribution >= 0.6 is 0 Å². The molecule has 0 fully saturated rings. The monoisotopic (exact) mass is 268 g/mol. The lowest BCUT2D eigenvalue weighted by molar-refractivity contribution is 0.0696. The third kappa shape index (κ3) is 1.53. The number of ketones is 2. The smallest absolute Gasteiger partial charge is 0.335 e. The molecular formula is C15H8O5. The lowest BCUT2D eigenvalue weighted by atomic mass is 9.83. The van der Waals surface area contributed by atoms with Crippen molar-refractivity contribution in [2.45, 2.75) is 0 Å². The molecule has 3 rings (SSSR count). The van der Waals surface area contributed by atoms with Gasteiger partial charge in [-0.3, -0.25) is 9.59 Å². The maximum Gasteiger partial charge on any atom is 0.335 e. The third-order valence-corrected chi connectivity index (χ3v) is 3.27. The minimum absolute atomic E-state index is 0.00361. The molecule has 0 heterocycles. The first-order chi connectivity index (χ1) is 9.50. The van der Waals surface area contributed by atoms with E-state index in [1.807, 2.05) is 0 Å². The van der Waals surface area contributed by atoms with Crippen molar-refractivity contribution in [2.24, 2.45) is 0 Å². The molecule has 0 aromatic heterocycles. The molecule has 0 saturated heterocycles. The molecule has 5 nitrogen and oxygen atoms in total. The molecule has 0 radical (unpaired) electrons. The second kappa shape index (κ2) is 4.03. The van der Waals surface area contributed by atoms with Crippen molar-refractivity contribution >= 4 is 17.5 Å². The van der Waals surface area contributed by atoms with E-state index in [2.05, 4.69) is 0 Å². The number of carboxylic acid groups (broad SMARTS) is 1. The quantitative estimate of drug-likeness (QED) is 0.702. The van der Waals surface area contributed by atoms with E-state index in [1.54, 1.807) is 0 Å². The van der Waals surface area contributed by atoms with Crippen molar-refractivity contribution in [3.63, 3.8) is 0 Å². The maximum absolute atomic E-state index is 12.3. The topological polar surface area (TPSA) is 91.7 Å². The lowest BCUT2D eigenvalue weighted by Gasteiger charge is -2.18. The first-order valence-corrected chi connectivity index (χ1v) is 5.79. The summed E-state index contributed by atoms with van der Waals surface area (Å²) in [6, 6.07) is 8.02. The van der Waals surface area contributed by atoms with E-state index < -0.39 is 17.5 Å². The van der Waals surface area contributed by atoms with E-state index in [4.69, 9.17) is 5.11 Å². The number of fused-ring (bicyclic) bond motifs is 2. The number of benzene rings is 2. The number of carboxylic acids is 1. The molecule has 2 aromatic rings. The van der Waals surface area contributed by atoms with Gasteiger partial charge in [0.25, 0.3) is 0 Å². The van der Waals surface area contributed by atoms with E-state index in [1.165, 1.54) is 30.3 Å². The van der Waals surface area contributed by atoms with Gasteiger partial charge in [-0.05, 0) is 24.3 Å². The molecule has 5 heteroatoms. The van der Waals surface area contributed by atoms with Gasteiger partial charge in [0.2, 0.25) is 0 Å². The summed E-state index contributed by atoms with van der Waals surface area (Å²) in [5.41, 5.74) is 0.129. The zero-order valence-electron chi connectivity index (χ0n) is 10.1. The van der Waals surface area contributed by atoms with Crippen LogP contribution in [0.5, 0.6) is 5.75 Å². The number of carbonyl (C=O) groups is 3. The Balaban J connectivity index is 2.30. The highest BCUT2D eigenvalue weighted by Crippen LogP contribution is 2.32. The van der Waals surface area contributed by atoms with Crippen LogP contribution in [0.3, 0.4) is 0 Å². The largest absolute Gasteiger partial charge is 0.507 e. The summed E-state index contributed by atoms with van der Waals surface area (Å²) < 4.78 is 0. The van der Waals surface area contributed by atoms with E-state index in [0.29, 0.717) is 0 Å². The SMILES string of the molecule is O=C(O)c1ccc2c(c1)C(=O)c1c(O)cccc1C2=O. The average Bonchev–Trinajstić information content (AvgIpc) is 2.44. The fourth-order valence-electron chi connectivity index (χ4n) is 2.31.